The van der Waals surface area contributed by atoms with Crippen LogP contribution in [0.15, 0.2) is 40.8 Å². The Bertz CT molecular complexity index is 678. The van der Waals surface area contributed by atoms with Crippen LogP contribution in [0, 0.1) is 0 Å². The van der Waals surface area contributed by atoms with Crippen molar-refractivity contribution in [1.29, 1.82) is 0 Å². The van der Waals surface area contributed by atoms with Gasteiger partial charge in [0, 0.05) is 0 Å². The minimum Gasteiger partial charge on any atom is -0.465 e. The molecule has 0 aliphatic rings. The van der Waals surface area contributed by atoms with Crippen LogP contribution in [0.25, 0.3) is 0 Å². The predicted molar refractivity (Wildman–Crippen MR) is 78.3 cm³/mol. The lowest BCUT2D eigenvalue weighted by Crippen LogP contribution is -2.04. The van der Waals surface area contributed by atoms with E-state index in [4.69, 9.17) is 0 Å². The highest BCUT2D eigenvalue weighted by molar-refractivity contribution is 7.12. The highest BCUT2D eigenvalue weighted by atomic mass is 32.1. The van der Waals surface area contributed by atoms with Gasteiger partial charge < -0.3 is 4.74 Å². The summed E-state index contributed by atoms with van der Waals surface area (Å²) in [4.78, 5) is 11.8. The molecule has 0 saturated carbocycles. The Morgan fingerprint density at radius 1 is 1.27 bits per heavy atom. The summed E-state index contributed by atoms with van der Waals surface area (Å²) in [6, 6.07) is 6.23. The van der Waals surface area contributed by atoms with Crippen LogP contribution in [0.3, 0.4) is 0 Å². The van der Waals surface area contributed by atoms with Crippen molar-refractivity contribution in [2.45, 2.75) is 6.18 Å². The average Bonchev–Trinajstić information content (AvgIpc) is 2.94. The van der Waals surface area contributed by atoms with Gasteiger partial charge in [-0.05, 0) is 29.1 Å². The Balaban J connectivity index is 2.04. The van der Waals surface area contributed by atoms with Crippen molar-refractivity contribution < 1.29 is 22.7 Å². The van der Waals surface area contributed by atoms with E-state index in [0.717, 1.165) is 12.1 Å². The zero-order valence-corrected chi connectivity index (χ0v) is 12.2. The van der Waals surface area contributed by atoms with Crippen molar-refractivity contribution in [3.63, 3.8) is 0 Å². The van der Waals surface area contributed by atoms with Gasteiger partial charge in [-0.1, -0.05) is 12.1 Å². The van der Waals surface area contributed by atoms with E-state index in [0.29, 0.717) is 16.1 Å². The Morgan fingerprint density at radius 3 is 2.55 bits per heavy atom. The van der Waals surface area contributed by atoms with E-state index in [1.807, 2.05) is 0 Å². The molecule has 4 nitrogen and oxygen atoms in total. The molecule has 0 unspecified atom stereocenters. The molecule has 1 heterocycles. The predicted octanol–water partition coefficient (Wildman–Crippen LogP) is 4.00. The second-order valence-electron chi connectivity index (χ2n) is 4.14. The standard InChI is InChI=1S/C14H11F3N2O2S/c1-21-13(20)12-11(6-7-22-12)19-18-8-9-2-4-10(5-3-9)14(15,16)17/h2-8,19H,1H3/b18-8-. The SMILES string of the molecule is COC(=O)c1sccc1N/N=C\c1ccc(C(F)(F)F)cc1. The highest BCUT2D eigenvalue weighted by Crippen LogP contribution is 2.29. The van der Waals surface area contributed by atoms with Gasteiger partial charge >= 0.3 is 12.1 Å². The van der Waals surface area contributed by atoms with Crippen LogP contribution < -0.4 is 5.43 Å². The zero-order chi connectivity index (χ0) is 16.2. The molecule has 1 aromatic heterocycles. The molecule has 1 aromatic carbocycles. The normalized spacial score (nSPS) is 11.6. The summed E-state index contributed by atoms with van der Waals surface area (Å²) in [5.74, 6) is -0.484. The third-order valence-corrected chi connectivity index (χ3v) is 3.57. The Labute approximate surface area is 128 Å². The Hall–Kier alpha value is -2.35. The molecule has 0 radical (unpaired) electrons. The number of anilines is 1. The second kappa shape index (κ2) is 6.61. The monoisotopic (exact) mass is 328 g/mol. The summed E-state index contributed by atoms with van der Waals surface area (Å²) >= 11 is 1.20. The van der Waals surface area contributed by atoms with E-state index in [2.05, 4.69) is 15.3 Å². The van der Waals surface area contributed by atoms with Gasteiger partial charge in [-0.15, -0.1) is 11.3 Å². The number of thiophene rings is 1. The summed E-state index contributed by atoms with van der Waals surface area (Å²) in [5, 5.41) is 5.59. The zero-order valence-electron chi connectivity index (χ0n) is 11.3. The van der Waals surface area contributed by atoms with Crippen molar-refractivity contribution in [2.24, 2.45) is 5.10 Å². The number of alkyl halides is 3. The molecule has 116 valence electrons. The van der Waals surface area contributed by atoms with Gasteiger partial charge in [-0.2, -0.15) is 18.3 Å². The van der Waals surface area contributed by atoms with Crippen molar-refractivity contribution >= 4 is 29.2 Å². The van der Waals surface area contributed by atoms with Crippen LogP contribution in [0.2, 0.25) is 0 Å². The molecule has 22 heavy (non-hydrogen) atoms. The third-order valence-electron chi connectivity index (χ3n) is 2.67. The van der Waals surface area contributed by atoms with Gasteiger partial charge in [0.25, 0.3) is 0 Å². The number of methoxy groups -OCH3 is 1. The van der Waals surface area contributed by atoms with Crippen molar-refractivity contribution in [3.05, 3.63) is 51.7 Å². The van der Waals surface area contributed by atoms with Crippen LogP contribution in [0.1, 0.15) is 20.8 Å². The quantitative estimate of drug-likeness (QED) is 0.524. The first-order chi connectivity index (χ1) is 10.4. The van der Waals surface area contributed by atoms with Gasteiger partial charge in [-0.25, -0.2) is 4.79 Å². The first kappa shape index (κ1) is 16.0. The first-order valence-electron chi connectivity index (χ1n) is 6.04. The molecule has 8 heteroatoms. The van der Waals surface area contributed by atoms with Crippen LogP contribution >= 0.6 is 11.3 Å². The van der Waals surface area contributed by atoms with Crippen LogP contribution in [0.5, 0.6) is 0 Å². The minimum atomic E-state index is -4.36. The molecule has 0 aliphatic heterocycles. The molecule has 0 aliphatic carbocycles. The topological polar surface area (TPSA) is 50.7 Å². The maximum Gasteiger partial charge on any atom is 0.416 e. The molecule has 0 fully saturated rings. The molecule has 0 saturated heterocycles. The fraction of sp³-hybridized carbons (Fsp3) is 0.143. The van der Waals surface area contributed by atoms with Crippen LogP contribution in [-0.2, 0) is 10.9 Å². The molecular formula is C14H11F3N2O2S. The molecule has 1 N–H and O–H groups in total. The molecule has 2 aromatic rings. The van der Waals surface area contributed by atoms with Crippen LogP contribution in [-0.4, -0.2) is 19.3 Å². The second-order valence-corrected chi connectivity index (χ2v) is 5.06. The molecule has 0 atom stereocenters. The van der Waals surface area contributed by atoms with E-state index < -0.39 is 17.7 Å². The number of rotatable bonds is 4. The number of benzene rings is 1. The lowest BCUT2D eigenvalue weighted by Gasteiger charge is -2.05. The van der Waals surface area contributed by atoms with Crippen molar-refractivity contribution in [3.8, 4) is 0 Å². The number of hydrazone groups is 1. The van der Waals surface area contributed by atoms with E-state index in [1.165, 1.54) is 36.8 Å². The number of nitrogens with one attached hydrogen (secondary N) is 1. The molecule has 0 bridgehead atoms. The van der Waals surface area contributed by atoms with E-state index in [9.17, 15) is 18.0 Å². The maximum absolute atomic E-state index is 12.4. The fourth-order valence-electron chi connectivity index (χ4n) is 1.58. The lowest BCUT2D eigenvalue weighted by molar-refractivity contribution is -0.137. The number of halogens is 3. The smallest absolute Gasteiger partial charge is 0.416 e. The first-order valence-corrected chi connectivity index (χ1v) is 6.92. The van der Waals surface area contributed by atoms with E-state index in [-0.39, 0.29) is 0 Å². The highest BCUT2D eigenvalue weighted by Gasteiger charge is 2.29. The fourth-order valence-corrected chi connectivity index (χ4v) is 2.34. The largest absolute Gasteiger partial charge is 0.465 e. The summed E-state index contributed by atoms with van der Waals surface area (Å²) in [6.07, 6.45) is -3.00. The Morgan fingerprint density at radius 2 is 1.95 bits per heavy atom. The molecule has 0 spiro atoms. The number of carbonyl (C=O) groups excluding carboxylic acids is 1. The van der Waals surface area contributed by atoms with E-state index >= 15 is 0 Å². The number of ether oxygens (including phenoxy) is 1. The average molecular weight is 328 g/mol. The van der Waals surface area contributed by atoms with E-state index in [1.54, 1.807) is 11.4 Å². The van der Waals surface area contributed by atoms with Crippen molar-refractivity contribution in [2.75, 3.05) is 12.5 Å². The maximum atomic E-state index is 12.4. The summed E-state index contributed by atoms with van der Waals surface area (Å²) in [6.45, 7) is 0. The number of nitrogens with zero attached hydrogens (tertiary/aromatic N) is 1. The van der Waals surface area contributed by atoms with Gasteiger partial charge in [0.2, 0.25) is 0 Å². The van der Waals surface area contributed by atoms with Crippen LogP contribution in [0.4, 0.5) is 18.9 Å². The summed E-state index contributed by atoms with van der Waals surface area (Å²) in [7, 11) is 1.28. The number of carbonyl (C=O) groups is 1. The molecular weight excluding hydrogens is 317 g/mol. The molecule has 2 rings (SSSR count). The number of hydrogen-bond donors (Lipinski definition) is 1. The molecule has 0 amide bonds. The summed E-state index contributed by atoms with van der Waals surface area (Å²) < 4.78 is 41.9. The van der Waals surface area contributed by atoms with Crippen molar-refractivity contribution in [1.82, 2.24) is 0 Å². The number of esters is 1. The number of hydrogen-bond acceptors (Lipinski definition) is 5. The van der Waals surface area contributed by atoms with Gasteiger partial charge in [-0.3, -0.25) is 5.43 Å². The summed E-state index contributed by atoms with van der Waals surface area (Å²) in [5.41, 5.74) is 2.91. The lowest BCUT2D eigenvalue weighted by atomic mass is 10.1. The third kappa shape index (κ3) is 3.85. The van der Waals surface area contributed by atoms with Gasteiger partial charge in [0.15, 0.2) is 0 Å². The Kier molecular flexibility index (Phi) is 4.81. The van der Waals surface area contributed by atoms with Gasteiger partial charge in [0.05, 0.1) is 24.6 Å². The minimum absolute atomic E-state index is 0.368. The van der Waals surface area contributed by atoms with Gasteiger partial charge in [0.1, 0.15) is 4.88 Å².